The quantitative estimate of drug-likeness (QED) is 0.575. The molecular formula is C17H14S. The maximum absolute atomic E-state index is 3.99. The van der Waals surface area contributed by atoms with E-state index in [2.05, 4.69) is 30.6 Å². The van der Waals surface area contributed by atoms with Crippen LogP contribution in [0.4, 0.5) is 0 Å². The maximum atomic E-state index is 3.99. The molecule has 0 aliphatic rings. The number of rotatable bonds is 3. The molecule has 0 N–H and O–H groups in total. The molecule has 0 atom stereocenters. The van der Waals surface area contributed by atoms with Gasteiger partial charge in [0.15, 0.2) is 0 Å². The molecule has 2 aromatic rings. The standard InChI is InChI=1S/C17H14S/c1-15(12-13-16-8-4-2-5-9-16)14-18-17-10-6-3-7-11-17/h2-11H,1,14H2. The highest BCUT2D eigenvalue weighted by atomic mass is 32.2. The van der Waals surface area contributed by atoms with E-state index in [1.54, 1.807) is 11.8 Å². The number of thioether (sulfide) groups is 1. The maximum Gasteiger partial charge on any atom is 0.0306 e. The molecule has 0 bridgehead atoms. The Morgan fingerprint density at radius 1 is 0.944 bits per heavy atom. The summed E-state index contributed by atoms with van der Waals surface area (Å²) in [4.78, 5) is 1.25. The third-order valence-corrected chi connectivity index (χ3v) is 3.41. The van der Waals surface area contributed by atoms with Crippen molar-refractivity contribution in [3.05, 3.63) is 78.4 Å². The van der Waals surface area contributed by atoms with Crippen LogP contribution in [-0.2, 0) is 0 Å². The minimum atomic E-state index is 0.837. The minimum Gasteiger partial charge on any atom is -0.121 e. The summed E-state index contributed by atoms with van der Waals surface area (Å²) >= 11 is 1.76. The van der Waals surface area contributed by atoms with Crippen molar-refractivity contribution in [2.45, 2.75) is 4.90 Å². The molecular weight excluding hydrogens is 236 g/mol. The van der Waals surface area contributed by atoms with E-state index in [1.807, 2.05) is 48.5 Å². The summed E-state index contributed by atoms with van der Waals surface area (Å²) in [5.74, 6) is 7.06. The van der Waals surface area contributed by atoms with Crippen LogP contribution in [-0.4, -0.2) is 5.75 Å². The highest BCUT2D eigenvalue weighted by Crippen LogP contribution is 2.18. The van der Waals surface area contributed by atoms with Gasteiger partial charge < -0.3 is 0 Å². The van der Waals surface area contributed by atoms with Crippen LogP contribution < -0.4 is 0 Å². The van der Waals surface area contributed by atoms with Crippen molar-refractivity contribution >= 4 is 11.8 Å². The third kappa shape index (κ3) is 4.16. The average molecular weight is 250 g/mol. The fourth-order valence-electron chi connectivity index (χ4n) is 1.41. The summed E-state index contributed by atoms with van der Waals surface area (Å²) in [5.41, 5.74) is 1.98. The topological polar surface area (TPSA) is 0 Å². The van der Waals surface area contributed by atoms with Crippen LogP contribution >= 0.6 is 11.8 Å². The Bertz CT molecular complexity index is 559. The van der Waals surface area contributed by atoms with Crippen molar-refractivity contribution in [3.8, 4) is 11.8 Å². The van der Waals surface area contributed by atoms with Crippen molar-refractivity contribution in [1.29, 1.82) is 0 Å². The van der Waals surface area contributed by atoms with Gasteiger partial charge in [-0.2, -0.15) is 0 Å². The van der Waals surface area contributed by atoms with Crippen molar-refractivity contribution in [3.63, 3.8) is 0 Å². The van der Waals surface area contributed by atoms with Crippen LogP contribution in [0.5, 0.6) is 0 Å². The molecule has 0 aromatic heterocycles. The smallest absolute Gasteiger partial charge is 0.0306 e. The molecule has 0 nitrogen and oxygen atoms in total. The minimum absolute atomic E-state index is 0.837. The van der Waals surface area contributed by atoms with E-state index in [0.29, 0.717) is 0 Å². The molecule has 0 amide bonds. The van der Waals surface area contributed by atoms with Crippen LogP contribution in [0.1, 0.15) is 5.56 Å². The molecule has 0 unspecified atom stereocenters. The lowest BCUT2D eigenvalue weighted by Gasteiger charge is -1.99. The zero-order valence-corrected chi connectivity index (χ0v) is 10.9. The molecule has 0 heterocycles. The van der Waals surface area contributed by atoms with E-state index in [0.717, 1.165) is 16.9 Å². The molecule has 2 aromatic carbocycles. The van der Waals surface area contributed by atoms with Crippen LogP contribution in [0.2, 0.25) is 0 Å². The van der Waals surface area contributed by atoms with E-state index in [-0.39, 0.29) is 0 Å². The van der Waals surface area contributed by atoms with E-state index in [4.69, 9.17) is 0 Å². The van der Waals surface area contributed by atoms with Crippen molar-refractivity contribution in [1.82, 2.24) is 0 Å². The van der Waals surface area contributed by atoms with Gasteiger partial charge in [-0.15, -0.1) is 11.8 Å². The summed E-state index contributed by atoms with van der Waals surface area (Å²) in [6.07, 6.45) is 0. The Hall–Kier alpha value is -1.91. The molecule has 0 saturated carbocycles. The summed E-state index contributed by atoms with van der Waals surface area (Å²) in [7, 11) is 0. The first kappa shape index (κ1) is 12.5. The Morgan fingerprint density at radius 2 is 1.56 bits per heavy atom. The lowest BCUT2D eigenvalue weighted by Crippen LogP contribution is -1.82. The van der Waals surface area contributed by atoms with Gasteiger partial charge >= 0.3 is 0 Å². The molecule has 0 saturated heterocycles. The van der Waals surface area contributed by atoms with E-state index >= 15 is 0 Å². The zero-order chi connectivity index (χ0) is 12.6. The third-order valence-electron chi connectivity index (χ3n) is 2.31. The first-order valence-corrected chi connectivity index (χ1v) is 6.76. The van der Waals surface area contributed by atoms with Crippen molar-refractivity contribution in [2.24, 2.45) is 0 Å². The predicted molar refractivity (Wildman–Crippen MR) is 79.6 cm³/mol. The second-order valence-electron chi connectivity index (χ2n) is 3.82. The molecule has 0 spiro atoms. The molecule has 2 rings (SSSR count). The molecule has 0 aliphatic heterocycles. The molecule has 88 valence electrons. The van der Waals surface area contributed by atoms with Gasteiger partial charge in [0.1, 0.15) is 0 Å². The fraction of sp³-hybridized carbons (Fsp3) is 0.0588. The van der Waals surface area contributed by atoms with E-state index < -0.39 is 0 Å². The second-order valence-corrected chi connectivity index (χ2v) is 4.87. The Labute approximate surface area is 113 Å². The monoisotopic (exact) mass is 250 g/mol. The summed E-state index contributed by atoms with van der Waals surface area (Å²) in [6, 6.07) is 20.3. The highest BCUT2D eigenvalue weighted by molar-refractivity contribution is 7.99. The van der Waals surface area contributed by atoms with Crippen LogP contribution in [0.25, 0.3) is 0 Å². The normalized spacial score (nSPS) is 9.33. The van der Waals surface area contributed by atoms with Gasteiger partial charge in [0.25, 0.3) is 0 Å². The zero-order valence-electron chi connectivity index (χ0n) is 10.1. The Balaban J connectivity index is 1.89. The van der Waals surface area contributed by atoms with Crippen LogP contribution in [0.3, 0.4) is 0 Å². The van der Waals surface area contributed by atoms with Gasteiger partial charge in [-0.05, 0) is 24.3 Å². The van der Waals surface area contributed by atoms with Gasteiger partial charge in [-0.25, -0.2) is 0 Å². The van der Waals surface area contributed by atoms with Gasteiger partial charge in [0, 0.05) is 21.8 Å². The molecule has 0 fully saturated rings. The van der Waals surface area contributed by atoms with Crippen LogP contribution in [0.15, 0.2) is 77.7 Å². The van der Waals surface area contributed by atoms with Crippen molar-refractivity contribution < 1.29 is 0 Å². The lowest BCUT2D eigenvalue weighted by molar-refractivity contribution is 1.45. The van der Waals surface area contributed by atoms with Gasteiger partial charge in [-0.1, -0.05) is 54.8 Å². The second kappa shape index (κ2) is 6.74. The predicted octanol–water partition coefficient (Wildman–Crippen LogP) is 4.39. The summed E-state index contributed by atoms with van der Waals surface area (Å²) in [6.45, 7) is 3.99. The largest absolute Gasteiger partial charge is 0.121 e. The Morgan fingerprint density at radius 3 is 2.22 bits per heavy atom. The summed E-state index contributed by atoms with van der Waals surface area (Å²) in [5, 5.41) is 0. The SMILES string of the molecule is C=C(C#Cc1ccccc1)CSc1ccccc1. The molecule has 18 heavy (non-hydrogen) atoms. The molecule has 1 heteroatoms. The van der Waals surface area contributed by atoms with Crippen LogP contribution in [0, 0.1) is 11.8 Å². The van der Waals surface area contributed by atoms with Crippen molar-refractivity contribution in [2.75, 3.05) is 5.75 Å². The van der Waals surface area contributed by atoms with Gasteiger partial charge in [0.05, 0.1) is 0 Å². The number of hydrogen-bond donors (Lipinski definition) is 0. The molecule has 0 aliphatic carbocycles. The van der Waals surface area contributed by atoms with Gasteiger partial charge in [-0.3, -0.25) is 0 Å². The Kier molecular flexibility index (Phi) is 4.69. The molecule has 0 radical (unpaired) electrons. The van der Waals surface area contributed by atoms with Gasteiger partial charge in [0.2, 0.25) is 0 Å². The first-order valence-electron chi connectivity index (χ1n) is 5.77. The fourth-order valence-corrected chi connectivity index (χ4v) is 2.17. The first-order chi connectivity index (χ1) is 8.84. The number of hydrogen-bond acceptors (Lipinski definition) is 1. The number of benzene rings is 2. The highest BCUT2D eigenvalue weighted by Gasteiger charge is 1.93. The van der Waals surface area contributed by atoms with E-state index in [9.17, 15) is 0 Å². The lowest BCUT2D eigenvalue weighted by atomic mass is 10.2. The average Bonchev–Trinajstić information content (AvgIpc) is 2.45. The summed E-state index contributed by atoms with van der Waals surface area (Å²) < 4.78 is 0. The van der Waals surface area contributed by atoms with E-state index in [1.165, 1.54) is 4.90 Å².